The van der Waals surface area contributed by atoms with Crippen molar-refractivity contribution in [1.82, 2.24) is 0 Å². The van der Waals surface area contributed by atoms with Crippen LogP contribution in [0.4, 0.5) is 0 Å². The van der Waals surface area contributed by atoms with Crippen molar-refractivity contribution < 1.29 is 14.6 Å². The highest BCUT2D eigenvalue weighted by molar-refractivity contribution is 5.39. The molecule has 0 aromatic heterocycles. The van der Waals surface area contributed by atoms with Gasteiger partial charge in [0.25, 0.3) is 0 Å². The summed E-state index contributed by atoms with van der Waals surface area (Å²) in [5.41, 5.74) is 1.92. The van der Waals surface area contributed by atoms with Gasteiger partial charge in [0.1, 0.15) is 17.6 Å². The number of para-hydroxylation sites is 1. The molecule has 2 atom stereocenters. The third-order valence-corrected chi connectivity index (χ3v) is 3.61. The van der Waals surface area contributed by atoms with Gasteiger partial charge in [-0.05, 0) is 37.6 Å². The normalized spacial score (nSPS) is 20.8. The summed E-state index contributed by atoms with van der Waals surface area (Å²) in [7, 11) is 0. The zero-order valence-corrected chi connectivity index (χ0v) is 12.3. The van der Waals surface area contributed by atoms with Crippen molar-refractivity contribution in [1.29, 1.82) is 0 Å². The first-order valence-corrected chi connectivity index (χ1v) is 7.34. The van der Waals surface area contributed by atoms with Gasteiger partial charge in [-0.2, -0.15) is 0 Å². The fourth-order valence-corrected chi connectivity index (χ4v) is 2.63. The SMILES string of the molecule is CC(C)Oc1ccc(C2CC(O)c3ccccc3O2)cc1. The van der Waals surface area contributed by atoms with Gasteiger partial charge < -0.3 is 14.6 Å². The maximum atomic E-state index is 10.3. The predicted molar refractivity (Wildman–Crippen MR) is 81.6 cm³/mol. The minimum absolute atomic E-state index is 0.122. The number of fused-ring (bicyclic) bond motifs is 1. The third-order valence-electron chi connectivity index (χ3n) is 3.61. The molecule has 21 heavy (non-hydrogen) atoms. The highest BCUT2D eigenvalue weighted by Crippen LogP contribution is 2.40. The Morgan fingerprint density at radius 1 is 1.10 bits per heavy atom. The van der Waals surface area contributed by atoms with Crippen molar-refractivity contribution in [3.8, 4) is 11.5 Å². The summed E-state index contributed by atoms with van der Waals surface area (Å²) in [5, 5.41) is 10.3. The lowest BCUT2D eigenvalue weighted by molar-refractivity contribution is 0.0657. The van der Waals surface area contributed by atoms with Crippen LogP contribution in [0.2, 0.25) is 0 Å². The summed E-state index contributed by atoms with van der Waals surface area (Å²) in [6.45, 7) is 4.01. The molecule has 2 aromatic carbocycles. The molecule has 1 N–H and O–H groups in total. The summed E-state index contributed by atoms with van der Waals surface area (Å²) in [4.78, 5) is 0. The van der Waals surface area contributed by atoms with Crippen LogP contribution in [0.5, 0.6) is 11.5 Å². The van der Waals surface area contributed by atoms with Crippen molar-refractivity contribution in [2.24, 2.45) is 0 Å². The van der Waals surface area contributed by atoms with Gasteiger partial charge in [0, 0.05) is 12.0 Å². The maximum absolute atomic E-state index is 10.3. The second-order valence-corrected chi connectivity index (χ2v) is 5.63. The molecular weight excluding hydrogens is 264 g/mol. The van der Waals surface area contributed by atoms with E-state index in [1.165, 1.54) is 0 Å². The fourth-order valence-electron chi connectivity index (χ4n) is 2.63. The van der Waals surface area contributed by atoms with E-state index in [4.69, 9.17) is 9.47 Å². The smallest absolute Gasteiger partial charge is 0.127 e. The minimum atomic E-state index is -0.480. The highest BCUT2D eigenvalue weighted by Gasteiger charge is 2.27. The molecule has 0 fully saturated rings. The van der Waals surface area contributed by atoms with Crippen molar-refractivity contribution >= 4 is 0 Å². The monoisotopic (exact) mass is 284 g/mol. The topological polar surface area (TPSA) is 38.7 Å². The molecule has 2 unspecified atom stereocenters. The number of ether oxygens (including phenoxy) is 2. The summed E-state index contributed by atoms with van der Waals surface area (Å²) in [5.74, 6) is 1.62. The van der Waals surface area contributed by atoms with Crippen LogP contribution in [0.3, 0.4) is 0 Å². The largest absolute Gasteiger partial charge is 0.491 e. The van der Waals surface area contributed by atoms with Crippen molar-refractivity contribution in [2.45, 2.75) is 38.6 Å². The predicted octanol–water partition coefficient (Wildman–Crippen LogP) is 4.03. The molecule has 3 heteroatoms. The maximum Gasteiger partial charge on any atom is 0.127 e. The number of aliphatic hydroxyl groups is 1. The molecule has 0 spiro atoms. The molecule has 2 aromatic rings. The van der Waals surface area contributed by atoms with Gasteiger partial charge in [0.15, 0.2) is 0 Å². The number of hydrogen-bond acceptors (Lipinski definition) is 3. The lowest BCUT2D eigenvalue weighted by atomic mass is 9.95. The first-order valence-electron chi connectivity index (χ1n) is 7.34. The molecule has 0 saturated heterocycles. The van der Waals surface area contributed by atoms with Crippen LogP contribution in [0.25, 0.3) is 0 Å². The van der Waals surface area contributed by atoms with E-state index in [2.05, 4.69) is 0 Å². The average Bonchev–Trinajstić information content (AvgIpc) is 2.47. The number of benzene rings is 2. The first kappa shape index (κ1) is 14.0. The Balaban J connectivity index is 1.79. The summed E-state index contributed by atoms with van der Waals surface area (Å²) < 4.78 is 11.7. The Labute approximate surface area is 125 Å². The zero-order chi connectivity index (χ0) is 14.8. The van der Waals surface area contributed by atoms with E-state index in [-0.39, 0.29) is 12.2 Å². The molecule has 0 bridgehead atoms. The van der Waals surface area contributed by atoms with Crippen LogP contribution in [0, 0.1) is 0 Å². The Kier molecular flexibility index (Phi) is 3.84. The highest BCUT2D eigenvalue weighted by atomic mass is 16.5. The second kappa shape index (κ2) is 5.78. The molecule has 0 aliphatic carbocycles. The molecule has 110 valence electrons. The Morgan fingerprint density at radius 3 is 2.52 bits per heavy atom. The van der Waals surface area contributed by atoms with Crippen molar-refractivity contribution in [3.05, 3.63) is 59.7 Å². The van der Waals surface area contributed by atoms with Gasteiger partial charge in [0.05, 0.1) is 12.2 Å². The summed E-state index contributed by atoms with van der Waals surface area (Å²) in [6.07, 6.45) is 0.131. The fraction of sp³-hybridized carbons (Fsp3) is 0.333. The summed E-state index contributed by atoms with van der Waals surface area (Å²) in [6, 6.07) is 15.6. The lowest BCUT2D eigenvalue weighted by Crippen LogP contribution is -2.18. The van der Waals surface area contributed by atoms with Gasteiger partial charge >= 0.3 is 0 Å². The second-order valence-electron chi connectivity index (χ2n) is 5.63. The molecule has 3 nitrogen and oxygen atoms in total. The molecule has 0 radical (unpaired) electrons. The van der Waals surface area contributed by atoms with Crippen LogP contribution in [-0.4, -0.2) is 11.2 Å². The summed E-state index contributed by atoms with van der Waals surface area (Å²) >= 11 is 0. The minimum Gasteiger partial charge on any atom is -0.491 e. The van der Waals surface area contributed by atoms with Gasteiger partial charge in [0.2, 0.25) is 0 Å². The Morgan fingerprint density at radius 2 is 1.81 bits per heavy atom. The Bertz CT molecular complexity index is 604. The van der Waals surface area contributed by atoms with Crippen LogP contribution in [-0.2, 0) is 0 Å². The van der Waals surface area contributed by atoms with E-state index in [1.54, 1.807) is 0 Å². The van der Waals surface area contributed by atoms with E-state index >= 15 is 0 Å². The average molecular weight is 284 g/mol. The molecular formula is C18H20O3. The number of aliphatic hydroxyl groups excluding tert-OH is 1. The molecule has 1 aliphatic heterocycles. The van der Waals surface area contributed by atoms with E-state index < -0.39 is 6.10 Å². The van der Waals surface area contributed by atoms with Crippen LogP contribution >= 0.6 is 0 Å². The van der Waals surface area contributed by atoms with Crippen LogP contribution < -0.4 is 9.47 Å². The first-order chi connectivity index (χ1) is 10.1. The molecule has 0 saturated carbocycles. The van der Waals surface area contributed by atoms with Gasteiger partial charge in [-0.1, -0.05) is 30.3 Å². The lowest BCUT2D eigenvalue weighted by Gasteiger charge is -2.30. The van der Waals surface area contributed by atoms with Gasteiger partial charge in [-0.25, -0.2) is 0 Å². The van der Waals surface area contributed by atoms with Gasteiger partial charge in [-0.3, -0.25) is 0 Å². The van der Waals surface area contributed by atoms with Crippen molar-refractivity contribution in [2.75, 3.05) is 0 Å². The molecule has 1 heterocycles. The standard InChI is InChI=1S/C18H20O3/c1-12(2)20-14-9-7-13(8-10-14)18-11-16(19)15-5-3-4-6-17(15)21-18/h3-10,12,16,18-19H,11H2,1-2H3. The number of hydrogen-bond donors (Lipinski definition) is 1. The third kappa shape index (κ3) is 3.03. The van der Waals surface area contributed by atoms with Crippen molar-refractivity contribution in [3.63, 3.8) is 0 Å². The van der Waals surface area contributed by atoms with E-state index in [9.17, 15) is 5.11 Å². The van der Waals surface area contributed by atoms with E-state index in [1.807, 2.05) is 62.4 Å². The van der Waals surface area contributed by atoms with E-state index in [0.717, 1.165) is 22.6 Å². The molecule has 3 rings (SSSR count). The van der Waals surface area contributed by atoms with Crippen LogP contribution in [0.15, 0.2) is 48.5 Å². The number of rotatable bonds is 3. The van der Waals surface area contributed by atoms with Crippen LogP contribution in [0.1, 0.15) is 43.6 Å². The quantitative estimate of drug-likeness (QED) is 0.924. The van der Waals surface area contributed by atoms with E-state index in [0.29, 0.717) is 6.42 Å². The molecule has 1 aliphatic rings. The Hall–Kier alpha value is -2.00. The molecule has 0 amide bonds. The van der Waals surface area contributed by atoms with Gasteiger partial charge in [-0.15, -0.1) is 0 Å². The zero-order valence-electron chi connectivity index (χ0n) is 12.3.